The van der Waals surface area contributed by atoms with Gasteiger partial charge in [0.15, 0.2) is 0 Å². The first-order valence-electron chi connectivity index (χ1n) is 9.09. The molecule has 1 heterocycles. The highest BCUT2D eigenvalue weighted by Gasteiger charge is 2.19. The van der Waals surface area contributed by atoms with Crippen molar-refractivity contribution < 1.29 is 9.59 Å². The molecule has 5 nitrogen and oxygen atoms in total. The van der Waals surface area contributed by atoms with E-state index in [9.17, 15) is 9.59 Å². The van der Waals surface area contributed by atoms with E-state index in [-0.39, 0.29) is 11.8 Å². The molecule has 3 N–H and O–H groups in total. The van der Waals surface area contributed by atoms with Gasteiger partial charge in [-0.2, -0.15) is 11.8 Å². The summed E-state index contributed by atoms with van der Waals surface area (Å²) >= 11 is 1.88. The van der Waals surface area contributed by atoms with Crippen molar-refractivity contribution in [3.05, 3.63) is 29.3 Å². The topological polar surface area (TPSA) is 75.4 Å². The second-order valence-corrected chi connectivity index (χ2v) is 7.66. The maximum atomic E-state index is 12.6. The number of carbonyl (C=O) groups excluding carboxylic acids is 2. The number of hydrogen-bond donors (Lipinski definition) is 2. The lowest BCUT2D eigenvalue weighted by molar-refractivity contribution is -0.116. The maximum Gasteiger partial charge on any atom is 0.253 e. The average Bonchev–Trinajstić information content (AvgIpc) is 2.63. The fourth-order valence-corrected chi connectivity index (χ4v) is 3.74. The quantitative estimate of drug-likeness (QED) is 0.696. The molecule has 1 aromatic carbocycles. The number of nitrogens with two attached hydrogens (primary N) is 1. The van der Waals surface area contributed by atoms with Gasteiger partial charge < -0.3 is 16.0 Å². The summed E-state index contributed by atoms with van der Waals surface area (Å²) in [5.74, 6) is 2.05. The lowest BCUT2D eigenvalue weighted by Gasteiger charge is -2.26. The van der Waals surface area contributed by atoms with Gasteiger partial charge in [0.2, 0.25) is 5.91 Å². The molecule has 1 saturated heterocycles. The second kappa shape index (κ2) is 10.5. The summed E-state index contributed by atoms with van der Waals surface area (Å²) in [6.07, 6.45) is 4.48. The molecule has 0 radical (unpaired) electrons. The minimum Gasteiger partial charge on any atom is -0.337 e. The van der Waals surface area contributed by atoms with Crippen LogP contribution in [0.1, 0.15) is 48.0 Å². The lowest BCUT2D eigenvalue weighted by atomic mass is 10.1. The van der Waals surface area contributed by atoms with E-state index in [1.165, 1.54) is 0 Å². The highest BCUT2D eigenvalue weighted by molar-refractivity contribution is 7.99. The van der Waals surface area contributed by atoms with Crippen molar-refractivity contribution in [2.24, 2.45) is 5.73 Å². The van der Waals surface area contributed by atoms with Gasteiger partial charge in [-0.25, -0.2) is 0 Å². The van der Waals surface area contributed by atoms with Crippen LogP contribution in [0.15, 0.2) is 18.2 Å². The molecule has 0 atom stereocenters. The number of rotatable bonds is 8. The number of nitrogens with zero attached hydrogens (tertiary/aromatic N) is 1. The minimum atomic E-state index is 0.00909. The number of hydrogen-bond acceptors (Lipinski definition) is 4. The number of benzene rings is 1. The Bertz CT molecular complexity index is 586. The number of amides is 2. The summed E-state index contributed by atoms with van der Waals surface area (Å²) in [7, 11) is 0. The fraction of sp³-hybridized carbons (Fsp3) is 0.579. The Hall–Kier alpha value is -1.53. The van der Waals surface area contributed by atoms with Crippen LogP contribution < -0.4 is 11.1 Å². The molecule has 0 bridgehead atoms. The zero-order valence-corrected chi connectivity index (χ0v) is 15.9. The largest absolute Gasteiger partial charge is 0.337 e. The zero-order chi connectivity index (χ0) is 18.1. The van der Waals surface area contributed by atoms with Crippen LogP contribution in [0.25, 0.3) is 0 Å². The Balaban J connectivity index is 1.91. The molecule has 1 aliphatic rings. The number of aryl methyl sites for hydroxylation is 1. The van der Waals surface area contributed by atoms with Crippen LogP contribution in [0, 0.1) is 6.92 Å². The van der Waals surface area contributed by atoms with Crippen LogP contribution in [-0.2, 0) is 4.79 Å². The van der Waals surface area contributed by atoms with E-state index in [2.05, 4.69) is 5.32 Å². The lowest BCUT2D eigenvalue weighted by Crippen LogP contribution is -2.37. The van der Waals surface area contributed by atoms with E-state index in [0.29, 0.717) is 18.5 Å². The molecule has 1 aromatic rings. The Morgan fingerprint density at radius 3 is 2.60 bits per heavy atom. The molecule has 25 heavy (non-hydrogen) atoms. The first kappa shape index (κ1) is 19.8. The third kappa shape index (κ3) is 6.36. The van der Waals surface area contributed by atoms with Gasteiger partial charge in [-0.3, -0.25) is 9.59 Å². The highest BCUT2D eigenvalue weighted by Crippen LogP contribution is 2.20. The number of thioether (sulfide) groups is 1. The molecule has 138 valence electrons. The summed E-state index contributed by atoms with van der Waals surface area (Å²) in [6.45, 7) is 4.24. The van der Waals surface area contributed by atoms with Gasteiger partial charge in [-0.15, -0.1) is 0 Å². The number of carbonyl (C=O) groups is 2. The predicted molar refractivity (Wildman–Crippen MR) is 105 cm³/mol. The SMILES string of the molecule is Cc1ccc(C(=O)N2CCSCC2)cc1NC(=O)CCCCCCN. The third-order valence-corrected chi connectivity index (χ3v) is 5.36. The number of unbranched alkanes of at least 4 members (excludes halogenated alkanes) is 3. The molecule has 0 saturated carbocycles. The fourth-order valence-electron chi connectivity index (χ4n) is 2.83. The van der Waals surface area contributed by atoms with Crippen LogP contribution in [0.3, 0.4) is 0 Å². The van der Waals surface area contributed by atoms with Gasteiger partial charge >= 0.3 is 0 Å². The first-order chi connectivity index (χ1) is 12.1. The van der Waals surface area contributed by atoms with Gasteiger partial charge in [0.05, 0.1) is 0 Å². The summed E-state index contributed by atoms with van der Waals surface area (Å²) < 4.78 is 0. The molecular weight excluding hydrogens is 334 g/mol. The molecular formula is C19H29N3O2S. The van der Waals surface area contributed by atoms with E-state index in [1.807, 2.05) is 41.8 Å². The highest BCUT2D eigenvalue weighted by atomic mass is 32.2. The Morgan fingerprint density at radius 1 is 1.16 bits per heavy atom. The third-order valence-electron chi connectivity index (χ3n) is 4.41. The van der Waals surface area contributed by atoms with Crippen LogP contribution in [-0.4, -0.2) is 47.9 Å². The van der Waals surface area contributed by atoms with Gasteiger partial charge in [0, 0.05) is 42.3 Å². The summed E-state index contributed by atoms with van der Waals surface area (Å²) in [4.78, 5) is 26.7. The van der Waals surface area contributed by atoms with Gasteiger partial charge in [-0.1, -0.05) is 18.9 Å². The Morgan fingerprint density at radius 2 is 1.88 bits per heavy atom. The Kier molecular flexibility index (Phi) is 8.28. The summed E-state index contributed by atoms with van der Waals surface area (Å²) in [5.41, 5.74) is 7.83. The van der Waals surface area contributed by atoms with Crippen molar-refractivity contribution in [3.8, 4) is 0 Å². The molecule has 1 fully saturated rings. The predicted octanol–water partition coefficient (Wildman–Crippen LogP) is 3.03. The van der Waals surface area contributed by atoms with Crippen molar-refractivity contribution in [1.29, 1.82) is 0 Å². The molecule has 2 amide bonds. The summed E-state index contributed by atoms with van der Waals surface area (Å²) in [5, 5.41) is 2.96. The van der Waals surface area contributed by atoms with Crippen molar-refractivity contribution in [3.63, 3.8) is 0 Å². The van der Waals surface area contributed by atoms with Crippen LogP contribution in [0.5, 0.6) is 0 Å². The monoisotopic (exact) mass is 363 g/mol. The van der Waals surface area contributed by atoms with Crippen molar-refractivity contribution in [2.75, 3.05) is 36.5 Å². The van der Waals surface area contributed by atoms with Gasteiger partial charge in [0.1, 0.15) is 0 Å². The van der Waals surface area contributed by atoms with Crippen LogP contribution >= 0.6 is 11.8 Å². The number of anilines is 1. The van der Waals surface area contributed by atoms with E-state index in [0.717, 1.165) is 61.5 Å². The van der Waals surface area contributed by atoms with Gasteiger partial charge in [-0.05, 0) is 44.0 Å². The molecule has 6 heteroatoms. The number of nitrogens with one attached hydrogen (secondary N) is 1. The van der Waals surface area contributed by atoms with Gasteiger partial charge in [0.25, 0.3) is 5.91 Å². The van der Waals surface area contributed by atoms with Crippen molar-refractivity contribution in [2.45, 2.75) is 39.0 Å². The van der Waals surface area contributed by atoms with Crippen molar-refractivity contribution in [1.82, 2.24) is 4.90 Å². The molecule has 2 rings (SSSR count). The van der Waals surface area contributed by atoms with Crippen molar-refractivity contribution >= 4 is 29.3 Å². The van der Waals surface area contributed by atoms with E-state index in [1.54, 1.807) is 0 Å². The second-order valence-electron chi connectivity index (χ2n) is 6.44. The first-order valence-corrected chi connectivity index (χ1v) is 10.2. The molecule has 0 unspecified atom stereocenters. The Labute approximate surface area is 154 Å². The standard InChI is InChI=1S/C19H29N3O2S/c1-15-7-8-16(19(24)22-10-12-25-13-11-22)14-17(15)21-18(23)6-4-2-3-5-9-20/h7-8,14H,2-6,9-13,20H2,1H3,(H,21,23). The van der Waals surface area contributed by atoms with E-state index >= 15 is 0 Å². The molecule has 0 spiro atoms. The smallest absolute Gasteiger partial charge is 0.253 e. The molecule has 0 aromatic heterocycles. The maximum absolute atomic E-state index is 12.6. The van der Waals surface area contributed by atoms with Crippen LogP contribution in [0.2, 0.25) is 0 Å². The normalized spacial score (nSPS) is 14.4. The molecule has 1 aliphatic heterocycles. The molecule has 0 aliphatic carbocycles. The minimum absolute atomic E-state index is 0.00909. The van der Waals surface area contributed by atoms with Crippen LogP contribution in [0.4, 0.5) is 5.69 Å². The zero-order valence-electron chi connectivity index (χ0n) is 15.1. The average molecular weight is 364 g/mol. The summed E-state index contributed by atoms with van der Waals surface area (Å²) in [6, 6.07) is 5.57. The van der Waals surface area contributed by atoms with E-state index in [4.69, 9.17) is 5.73 Å². The van der Waals surface area contributed by atoms with E-state index < -0.39 is 0 Å².